The van der Waals surface area contributed by atoms with Crippen LogP contribution in [0.25, 0.3) is 6.08 Å². The minimum Gasteiger partial charge on any atom is -0.457 e. The Morgan fingerprint density at radius 2 is 1.65 bits per heavy atom. The van der Waals surface area contributed by atoms with Gasteiger partial charge < -0.3 is 15.4 Å². The fourth-order valence-electron chi connectivity index (χ4n) is 4.52. The van der Waals surface area contributed by atoms with E-state index in [2.05, 4.69) is 16.6 Å². The number of ether oxygens (including phenoxy) is 1. The van der Waals surface area contributed by atoms with E-state index in [1.165, 1.54) is 27.0 Å². The molecule has 1 aliphatic rings. The number of aliphatic imine (C=N–C) groups is 1. The summed E-state index contributed by atoms with van der Waals surface area (Å²) in [5.41, 5.74) is 9.48. The summed E-state index contributed by atoms with van der Waals surface area (Å²) in [5.74, 6) is 1.37. The normalized spacial score (nSPS) is 15.2. The van der Waals surface area contributed by atoms with Crippen molar-refractivity contribution in [2.45, 2.75) is 6.92 Å². The summed E-state index contributed by atoms with van der Waals surface area (Å²) in [4.78, 5) is 40.1. The Bertz CT molecular complexity index is 1730. The van der Waals surface area contributed by atoms with Crippen LogP contribution in [-0.2, 0) is 4.79 Å². The third-order valence-electron chi connectivity index (χ3n) is 6.58. The number of allylic oxidation sites excluding steroid dienone is 1. The zero-order chi connectivity index (χ0) is 30.3. The molecule has 0 aliphatic carbocycles. The fourth-order valence-corrected chi connectivity index (χ4v) is 4.52. The van der Waals surface area contributed by atoms with Gasteiger partial charge in [-0.05, 0) is 79.7 Å². The van der Waals surface area contributed by atoms with Gasteiger partial charge in [0, 0.05) is 36.9 Å². The van der Waals surface area contributed by atoms with Crippen molar-refractivity contribution in [1.82, 2.24) is 4.98 Å². The van der Waals surface area contributed by atoms with Gasteiger partial charge in [0.15, 0.2) is 5.84 Å². The number of hydrogen-bond acceptors (Lipinski definition) is 6. The predicted octanol–water partition coefficient (Wildman–Crippen LogP) is 6.73. The molecule has 1 aliphatic heterocycles. The lowest BCUT2D eigenvalue weighted by Crippen LogP contribution is -2.33. The average Bonchev–Trinajstić information content (AvgIpc) is 3.32. The number of anilines is 3. The van der Waals surface area contributed by atoms with Gasteiger partial charge in [-0.2, -0.15) is 0 Å². The standard InChI is InChI=1S/C34H30N6O3/c1-4-36-33-32(24(2)35)39(26-17-19-30(20-18-26)43-29-14-6-5-7-15-29)34(42)40(33)28-13-10-12-27(23-28)38(3)31(41)21-16-25-11-8-9-22-37-25/h4-23H,1,35H2,2-3H3/b21-16+,32-24-,36-33?. The molecule has 43 heavy (non-hydrogen) atoms. The van der Waals surface area contributed by atoms with Crippen LogP contribution in [0, 0.1) is 0 Å². The summed E-state index contributed by atoms with van der Waals surface area (Å²) < 4.78 is 5.92. The first-order valence-electron chi connectivity index (χ1n) is 13.5. The molecule has 1 aromatic heterocycles. The van der Waals surface area contributed by atoms with Crippen LogP contribution in [0.5, 0.6) is 11.5 Å². The SMILES string of the molecule is C=CN=C1/C(=C(\C)N)N(c2ccc(Oc3ccccc3)cc2)C(=O)N1c1cccc(N(C)C(=O)/C=C/c2ccccn2)c1. The van der Waals surface area contributed by atoms with Crippen molar-refractivity contribution in [3.63, 3.8) is 0 Å². The van der Waals surface area contributed by atoms with Gasteiger partial charge >= 0.3 is 6.03 Å². The van der Waals surface area contributed by atoms with Crippen molar-refractivity contribution in [2.75, 3.05) is 21.7 Å². The van der Waals surface area contributed by atoms with Crippen LogP contribution in [0.1, 0.15) is 12.6 Å². The number of pyridine rings is 1. The number of rotatable bonds is 8. The highest BCUT2D eigenvalue weighted by Gasteiger charge is 2.42. The zero-order valence-electron chi connectivity index (χ0n) is 23.8. The third-order valence-corrected chi connectivity index (χ3v) is 6.58. The molecule has 9 nitrogen and oxygen atoms in total. The maximum absolute atomic E-state index is 14.1. The number of carbonyl (C=O) groups excluding carboxylic acids is 2. The van der Waals surface area contributed by atoms with Gasteiger partial charge in [-0.15, -0.1) is 0 Å². The first-order valence-corrected chi connectivity index (χ1v) is 13.5. The van der Waals surface area contributed by atoms with Gasteiger partial charge in [0.2, 0.25) is 0 Å². The van der Waals surface area contributed by atoms with E-state index in [0.29, 0.717) is 51.5 Å². The number of likely N-dealkylation sites (N-methyl/N-ethyl adjacent to an activating group) is 1. The van der Waals surface area contributed by atoms with Crippen LogP contribution >= 0.6 is 0 Å². The van der Waals surface area contributed by atoms with E-state index < -0.39 is 6.03 Å². The average molecular weight is 571 g/mol. The van der Waals surface area contributed by atoms with Crippen LogP contribution < -0.4 is 25.2 Å². The number of para-hydroxylation sites is 1. The molecule has 4 aromatic rings. The molecule has 5 rings (SSSR count). The van der Waals surface area contributed by atoms with E-state index >= 15 is 0 Å². The highest BCUT2D eigenvalue weighted by Crippen LogP contribution is 2.36. The number of urea groups is 1. The lowest BCUT2D eigenvalue weighted by atomic mass is 10.2. The molecule has 1 saturated heterocycles. The molecule has 0 bridgehead atoms. The molecule has 214 valence electrons. The number of nitrogens with zero attached hydrogens (tertiary/aromatic N) is 5. The Balaban J connectivity index is 1.45. The van der Waals surface area contributed by atoms with Crippen LogP contribution in [0.2, 0.25) is 0 Å². The summed E-state index contributed by atoms with van der Waals surface area (Å²) in [7, 11) is 1.66. The molecule has 1 fully saturated rings. The number of nitrogens with two attached hydrogens (primary N) is 1. The molecular formula is C34H30N6O3. The van der Waals surface area contributed by atoms with Gasteiger partial charge in [-0.1, -0.05) is 36.9 Å². The van der Waals surface area contributed by atoms with Crippen molar-refractivity contribution in [1.29, 1.82) is 0 Å². The van der Waals surface area contributed by atoms with Crippen molar-refractivity contribution in [2.24, 2.45) is 10.7 Å². The predicted molar refractivity (Wildman–Crippen MR) is 171 cm³/mol. The Labute approximate surface area is 250 Å². The number of hydrogen-bond donors (Lipinski definition) is 1. The molecule has 0 saturated carbocycles. The summed E-state index contributed by atoms with van der Waals surface area (Å²) in [6.45, 7) is 5.45. The Hall–Kier alpha value is -5.96. The number of benzene rings is 3. The maximum Gasteiger partial charge on any atom is 0.339 e. The van der Waals surface area contributed by atoms with Crippen molar-refractivity contribution >= 4 is 40.9 Å². The van der Waals surface area contributed by atoms with E-state index in [-0.39, 0.29) is 5.91 Å². The molecule has 3 aromatic carbocycles. The van der Waals surface area contributed by atoms with Crippen LogP contribution in [0.3, 0.4) is 0 Å². The van der Waals surface area contributed by atoms with E-state index in [4.69, 9.17) is 10.5 Å². The zero-order valence-corrected chi connectivity index (χ0v) is 23.8. The van der Waals surface area contributed by atoms with Crippen molar-refractivity contribution < 1.29 is 14.3 Å². The quantitative estimate of drug-likeness (QED) is 0.237. The number of aromatic nitrogens is 1. The Morgan fingerprint density at radius 1 is 0.930 bits per heavy atom. The van der Waals surface area contributed by atoms with Gasteiger partial charge in [-0.25, -0.2) is 14.7 Å². The van der Waals surface area contributed by atoms with E-state index in [9.17, 15) is 9.59 Å². The largest absolute Gasteiger partial charge is 0.457 e. The van der Waals surface area contributed by atoms with Gasteiger partial charge in [0.05, 0.1) is 17.1 Å². The number of amidine groups is 1. The molecule has 0 radical (unpaired) electrons. The smallest absolute Gasteiger partial charge is 0.339 e. The fraction of sp³-hybridized carbons (Fsp3) is 0.0588. The molecular weight excluding hydrogens is 540 g/mol. The highest BCUT2D eigenvalue weighted by atomic mass is 16.5. The lowest BCUT2D eigenvalue weighted by Gasteiger charge is -2.21. The van der Waals surface area contributed by atoms with Gasteiger partial charge in [0.1, 0.15) is 17.2 Å². The minimum atomic E-state index is -0.390. The Morgan fingerprint density at radius 3 is 2.33 bits per heavy atom. The molecule has 2 N–H and O–H groups in total. The lowest BCUT2D eigenvalue weighted by molar-refractivity contribution is -0.113. The summed E-state index contributed by atoms with van der Waals surface area (Å²) in [6.07, 6.45) is 6.12. The maximum atomic E-state index is 14.1. The van der Waals surface area contributed by atoms with Crippen LogP contribution in [-0.4, -0.2) is 29.8 Å². The minimum absolute atomic E-state index is 0.256. The summed E-state index contributed by atoms with van der Waals surface area (Å²) in [5, 5.41) is 0. The second-order valence-corrected chi connectivity index (χ2v) is 9.53. The number of carbonyl (C=O) groups is 2. The van der Waals surface area contributed by atoms with Gasteiger partial charge in [-0.3, -0.25) is 14.7 Å². The van der Waals surface area contributed by atoms with Crippen LogP contribution in [0.4, 0.5) is 21.9 Å². The van der Waals surface area contributed by atoms with E-state index in [1.54, 1.807) is 74.8 Å². The molecule has 0 spiro atoms. The topological polar surface area (TPSA) is 104 Å². The summed E-state index contributed by atoms with van der Waals surface area (Å²) >= 11 is 0. The molecule has 2 heterocycles. The number of amides is 3. The molecule has 3 amide bonds. The molecule has 0 unspecified atom stereocenters. The van der Waals surface area contributed by atoms with Crippen molar-refractivity contribution in [3.8, 4) is 11.5 Å². The van der Waals surface area contributed by atoms with E-state index in [0.717, 1.165) is 0 Å². The van der Waals surface area contributed by atoms with Crippen LogP contribution in [0.15, 0.2) is 139 Å². The second-order valence-electron chi connectivity index (χ2n) is 9.53. The second kappa shape index (κ2) is 12.7. The molecule has 9 heteroatoms. The highest BCUT2D eigenvalue weighted by molar-refractivity contribution is 6.36. The first kappa shape index (κ1) is 28.6. The summed E-state index contributed by atoms with van der Waals surface area (Å²) in [6, 6.07) is 28.7. The third kappa shape index (κ3) is 6.20. The first-order chi connectivity index (χ1) is 20.9. The van der Waals surface area contributed by atoms with E-state index in [1.807, 2.05) is 48.5 Å². The van der Waals surface area contributed by atoms with Crippen molar-refractivity contribution in [3.05, 3.63) is 139 Å². The molecule has 0 atom stereocenters. The monoisotopic (exact) mass is 570 g/mol. The Kier molecular flexibility index (Phi) is 8.43. The van der Waals surface area contributed by atoms with Gasteiger partial charge in [0.25, 0.3) is 5.91 Å².